The van der Waals surface area contributed by atoms with E-state index in [1.54, 1.807) is 12.3 Å². The zero-order chi connectivity index (χ0) is 12.8. The normalized spacial score (nSPS) is 10.4. The smallest absolute Gasteiger partial charge is 0.372 e. The van der Waals surface area contributed by atoms with Gasteiger partial charge in [0, 0.05) is 37.0 Å². The molecule has 2 N–H and O–H groups in total. The van der Waals surface area contributed by atoms with Gasteiger partial charge >= 0.3 is 5.97 Å². The topological polar surface area (TPSA) is 75.4 Å². The first-order valence-corrected chi connectivity index (χ1v) is 5.67. The summed E-state index contributed by atoms with van der Waals surface area (Å²) in [6.07, 6.45) is 3.95. The Balaban J connectivity index is 1.79. The van der Waals surface area contributed by atoms with Gasteiger partial charge in [0.1, 0.15) is 0 Å². The molecule has 0 fully saturated rings. The summed E-state index contributed by atoms with van der Waals surface area (Å²) in [6, 6.07) is 7.45. The molecule has 94 valence electrons. The third kappa shape index (κ3) is 3.18. The highest BCUT2D eigenvalue weighted by Gasteiger charge is 2.12. The second-order valence-corrected chi connectivity index (χ2v) is 3.83. The van der Waals surface area contributed by atoms with E-state index in [9.17, 15) is 4.79 Å². The van der Waals surface area contributed by atoms with Gasteiger partial charge in [0.05, 0.1) is 6.26 Å². The number of aromatic carboxylic acids is 1. The number of carbonyl (C=O) groups is 1. The number of nitrogens with one attached hydrogen (secondary N) is 1. The molecule has 5 nitrogen and oxygen atoms in total. The number of hydrogen-bond donors (Lipinski definition) is 2. The van der Waals surface area contributed by atoms with Gasteiger partial charge in [-0.2, -0.15) is 0 Å². The van der Waals surface area contributed by atoms with E-state index in [0.29, 0.717) is 12.1 Å². The van der Waals surface area contributed by atoms with Crippen molar-refractivity contribution in [2.45, 2.75) is 13.0 Å². The minimum Gasteiger partial charge on any atom is -0.475 e. The van der Waals surface area contributed by atoms with Crippen LogP contribution in [0.25, 0.3) is 0 Å². The lowest BCUT2D eigenvalue weighted by Gasteiger charge is -2.03. The molecular formula is C13H14N2O3. The van der Waals surface area contributed by atoms with Gasteiger partial charge in [-0.25, -0.2) is 4.79 Å². The van der Waals surface area contributed by atoms with Gasteiger partial charge < -0.3 is 14.8 Å². The van der Waals surface area contributed by atoms with Crippen LogP contribution in [-0.2, 0) is 13.0 Å². The van der Waals surface area contributed by atoms with Crippen LogP contribution in [-0.4, -0.2) is 22.6 Å². The number of rotatable bonds is 6. The van der Waals surface area contributed by atoms with Crippen molar-refractivity contribution in [3.8, 4) is 0 Å². The number of aromatic nitrogens is 1. The third-order valence-electron chi connectivity index (χ3n) is 2.54. The molecule has 0 unspecified atom stereocenters. The molecule has 0 atom stereocenters. The number of furan rings is 1. The number of nitrogens with zero attached hydrogens (tertiary/aromatic N) is 1. The second kappa shape index (κ2) is 5.97. The Hall–Kier alpha value is -2.14. The Labute approximate surface area is 104 Å². The maximum absolute atomic E-state index is 10.8. The minimum atomic E-state index is -1.04. The molecule has 0 spiro atoms. The summed E-state index contributed by atoms with van der Waals surface area (Å²) in [6.45, 7) is 1.21. The number of hydrogen-bond acceptors (Lipinski definition) is 4. The van der Waals surface area contributed by atoms with E-state index < -0.39 is 5.97 Å². The molecule has 0 amide bonds. The number of pyridine rings is 1. The SMILES string of the molecule is O=C(O)c1occc1CNCCc1ccccn1. The largest absolute Gasteiger partial charge is 0.475 e. The predicted octanol–water partition coefficient (Wildman–Crippen LogP) is 1.71. The van der Waals surface area contributed by atoms with Crippen molar-refractivity contribution in [3.63, 3.8) is 0 Å². The molecule has 0 saturated carbocycles. The fourth-order valence-corrected chi connectivity index (χ4v) is 1.65. The molecule has 0 radical (unpaired) electrons. The first-order chi connectivity index (χ1) is 8.77. The molecule has 0 aliphatic rings. The Kier molecular flexibility index (Phi) is 4.09. The molecule has 0 aromatic carbocycles. The highest BCUT2D eigenvalue weighted by Crippen LogP contribution is 2.09. The molecule has 0 bridgehead atoms. The van der Waals surface area contributed by atoms with Crippen molar-refractivity contribution in [3.05, 3.63) is 53.7 Å². The average molecular weight is 246 g/mol. The highest BCUT2D eigenvalue weighted by molar-refractivity contribution is 5.86. The van der Waals surface area contributed by atoms with Gasteiger partial charge in [-0.1, -0.05) is 6.07 Å². The van der Waals surface area contributed by atoms with Crippen LogP contribution in [0.5, 0.6) is 0 Å². The first-order valence-electron chi connectivity index (χ1n) is 5.67. The van der Waals surface area contributed by atoms with Crippen LogP contribution >= 0.6 is 0 Å². The molecule has 2 heterocycles. The molecule has 0 saturated heterocycles. The van der Waals surface area contributed by atoms with Gasteiger partial charge in [-0.05, 0) is 18.2 Å². The molecule has 0 aliphatic heterocycles. The van der Waals surface area contributed by atoms with Crippen molar-refractivity contribution in [2.75, 3.05) is 6.54 Å². The summed E-state index contributed by atoms with van der Waals surface area (Å²) >= 11 is 0. The van der Waals surface area contributed by atoms with Gasteiger partial charge in [0.2, 0.25) is 5.76 Å². The Morgan fingerprint density at radius 3 is 3.00 bits per heavy atom. The van der Waals surface area contributed by atoms with Crippen molar-refractivity contribution in [1.29, 1.82) is 0 Å². The molecule has 5 heteroatoms. The Morgan fingerprint density at radius 2 is 2.28 bits per heavy atom. The fourth-order valence-electron chi connectivity index (χ4n) is 1.65. The molecule has 0 aliphatic carbocycles. The highest BCUT2D eigenvalue weighted by atomic mass is 16.4. The monoisotopic (exact) mass is 246 g/mol. The average Bonchev–Trinajstić information content (AvgIpc) is 2.84. The summed E-state index contributed by atoms with van der Waals surface area (Å²) in [5.74, 6) is -1.04. The summed E-state index contributed by atoms with van der Waals surface area (Å²) in [7, 11) is 0. The molecule has 18 heavy (non-hydrogen) atoms. The summed E-state index contributed by atoms with van der Waals surface area (Å²) < 4.78 is 4.89. The van der Waals surface area contributed by atoms with Gasteiger partial charge in [-0.15, -0.1) is 0 Å². The first kappa shape index (κ1) is 12.3. The van der Waals surface area contributed by atoms with Gasteiger partial charge in [-0.3, -0.25) is 4.98 Å². The predicted molar refractivity (Wildman–Crippen MR) is 65.3 cm³/mol. The quantitative estimate of drug-likeness (QED) is 0.759. The molecular weight excluding hydrogens is 232 g/mol. The van der Waals surface area contributed by atoms with Crippen LogP contribution in [0.4, 0.5) is 0 Å². The van der Waals surface area contributed by atoms with E-state index in [1.807, 2.05) is 18.2 Å². The van der Waals surface area contributed by atoms with Crippen LogP contribution in [0.15, 0.2) is 41.1 Å². The van der Waals surface area contributed by atoms with E-state index in [0.717, 1.165) is 18.7 Å². The standard InChI is InChI=1S/C13H14N2O3/c16-13(17)12-10(5-8-18-12)9-14-7-4-11-3-1-2-6-15-11/h1-3,5-6,8,14H,4,7,9H2,(H,16,17). The lowest BCUT2D eigenvalue weighted by atomic mass is 10.2. The van der Waals surface area contributed by atoms with E-state index in [1.165, 1.54) is 6.26 Å². The maximum Gasteiger partial charge on any atom is 0.372 e. The van der Waals surface area contributed by atoms with Crippen LogP contribution < -0.4 is 5.32 Å². The molecule has 2 aromatic rings. The van der Waals surface area contributed by atoms with Crippen LogP contribution in [0.1, 0.15) is 21.8 Å². The lowest BCUT2D eigenvalue weighted by molar-refractivity contribution is 0.0660. The van der Waals surface area contributed by atoms with Crippen molar-refractivity contribution < 1.29 is 14.3 Å². The maximum atomic E-state index is 10.8. The second-order valence-electron chi connectivity index (χ2n) is 3.83. The van der Waals surface area contributed by atoms with Crippen molar-refractivity contribution in [2.24, 2.45) is 0 Å². The van der Waals surface area contributed by atoms with Gasteiger partial charge in [0.25, 0.3) is 0 Å². The van der Waals surface area contributed by atoms with Crippen molar-refractivity contribution in [1.82, 2.24) is 10.3 Å². The Morgan fingerprint density at radius 1 is 1.39 bits per heavy atom. The summed E-state index contributed by atoms with van der Waals surface area (Å²) in [5.41, 5.74) is 1.67. The van der Waals surface area contributed by atoms with Crippen molar-refractivity contribution >= 4 is 5.97 Å². The minimum absolute atomic E-state index is 0.000311. The fraction of sp³-hybridized carbons (Fsp3) is 0.231. The Bertz CT molecular complexity index is 508. The zero-order valence-corrected chi connectivity index (χ0v) is 9.80. The lowest BCUT2D eigenvalue weighted by Crippen LogP contribution is -2.18. The van der Waals surface area contributed by atoms with E-state index in [-0.39, 0.29) is 5.76 Å². The van der Waals surface area contributed by atoms with Crippen LogP contribution in [0.2, 0.25) is 0 Å². The number of carboxylic acid groups (broad SMARTS) is 1. The van der Waals surface area contributed by atoms with Gasteiger partial charge in [0.15, 0.2) is 0 Å². The zero-order valence-electron chi connectivity index (χ0n) is 9.80. The van der Waals surface area contributed by atoms with E-state index in [4.69, 9.17) is 9.52 Å². The van der Waals surface area contributed by atoms with Crippen LogP contribution in [0.3, 0.4) is 0 Å². The molecule has 2 aromatic heterocycles. The van der Waals surface area contributed by atoms with E-state index in [2.05, 4.69) is 10.3 Å². The van der Waals surface area contributed by atoms with Crippen LogP contribution in [0, 0.1) is 0 Å². The summed E-state index contributed by atoms with van der Waals surface area (Å²) in [5, 5.41) is 12.0. The molecule has 2 rings (SSSR count). The summed E-state index contributed by atoms with van der Waals surface area (Å²) in [4.78, 5) is 15.0. The third-order valence-corrected chi connectivity index (χ3v) is 2.54. The number of carboxylic acids is 1. The van der Waals surface area contributed by atoms with E-state index >= 15 is 0 Å².